The number of hydrogen-bond donors (Lipinski definition) is 0. The van der Waals surface area contributed by atoms with E-state index in [2.05, 4.69) is 27.6 Å². The Balaban J connectivity index is 2.90. The van der Waals surface area contributed by atoms with Gasteiger partial charge in [0.1, 0.15) is 5.52 Å². The average molecular weight is 263 g/mol. The molecule has 0 unspecified atom stereocenters. The Bertz CT molecular complexity index is 398. The summed E-state index contributed by atoms with van der Waals surface area (Å²) in [5, 5.41) is 0. The number of oxazole rings is 1. The minimum atomic E-state index is -0.774. The number of hydrogen-bond acceptors (Lipinski definition) is 2. The molecule has 2 nitrogen and oxygen atoms in total. The molecule has 0 N–H and O–H groups in total. The number of para-hydroxylation sites is 1. The molecule has 0 saturated carbocycles. The van der Waals surface area contributed by atoms with E-state index in [0.29, 0.717) is 11.1 Å². The second-order valence-electron chi connectivity index (χ2n) is 2.05. The van der Waals surface area contributed by atoms with Gasteiger partial charge in [0, 0.05) is 0 Å². The van der Waals surface area contributed by atoms with Gasteiger partial charge in [-0.05, 0) is 34.7 Å². The van der Waals surface area contributed by atoms with Crippen molar-refractivity contribution in [1.82, 2.24) is 4.98 Å². The van der Waals surface area contributed by atoms with E-state index in [1.807, 2.05) is 12.1 Å². The van der Waals surface area contributed by atoms with Crippen LogP contribution in [0.5, 0.6) is 0 Å². The molecule has 0 saturated heterocycles. The van der Waals surface area contributed by atoms with Crippen LogP contribution in [0.4, 0.5) is 4.39 Å². The third-order valence-corrected chi connectivity index (χ3v) is 2.19. The van der Waals surface area contributed by atoms with Crippen LogP contribution in [0.15, 0.2) is 22.6 Å². The number of nitrogens with zero attached hydrogens (tertiary/aromatic N) is 1. The standard InChI is InChI=1S/C7H3FINO/c8-7-10-5-3-1-2-4(9)6(5)11-7/h1-3H. The van der Waals surface area contributed by atoms with Crippen molar-refractivity contribution in [3.63, 3.8) is 0 Å². The quantitative estimate of drug-likeness (QED) is 0.683. The zero-order valence-corrected chi connectivity index (χ0v) is 7.50. The first-order valence-corrected chi connectivity index (χ1v) is 4.06. The topological polar surface area (TPSA) is 26.0 Å². The summed E-state index contributed by atoms with van der Waals surface area (Å²) in [5.74, 6) is 0. The summed E-state index contributed by atoms with van der Waals surface area (Å²) in [5.41, 5.74) is 1.08. The third kappa shape index (κ3) is 1.11. The van der Waals surface area contributed by atoms with Gasteiger partial charge in [-0.2, -0.15) is 4.98 Å². The van der Waals surface area contributed by atoms with Crippen LogP contribution in [0.25, 0.3) is 11.1 Å². The van der Waals surface area contributed by atoms with Crippen molar-refractivity contribution in [2.45, 2.75) is 0 Å². The van der Waals surface area contributed by atoms with E-state index in [1.165, 1.54) is 0 Å². The van der Waals surface area contributed by atoms with Crippen molar-refractivity contribution in [3.8, 4) is 0 Å². The van der Waals surface area contributed by atoms with Gasteiger partial charge in [0.2, 0.25) is 0 Å². The fraction of sp³-hybridized carbons (Fsp3) is 0. The van der Waals surface area contributed by atoms with Crippen LogP contribution in [0.3, 0.4) is 0 Å². The monoisotopic (exact) mass is 263 g/mol. The predicted molar refractivity (Wildman–Crippen MR) is 46.7 cm³/mol. The maximum absolute atomic E-state index is 12.4. The van der Waals surface area contributed by atoms with Gasteiger partial charge < -0.3 is 4.42 Å². The zero-order chi connectivity index (χ0) is 7.84. The van der Waals surface area contributed by atoms with Gasteiger partial charge in [-0.3, -0.25) is 0 Å². The van der Waals surface area contributed by atoms with Crippen molar-refractivity contribution >= 4 is 33.7 Å². The van der Waals surface area contributed by atoms with E-state index in [0.717, 1.165) is 3.57 Å². The fourth-order valence-corrected chi connectivity index (χ4v) is 1.48. The number of benzene rings is 1. The summed E-state index contributed by atoms with van der Waals surface area (Å²) >= 11 is 2.07. The highest BCUT2D eigenvalue weighted by atomic mass is 127. The molecule has 2 aromatic rings. The summed E-state index contributed by atoms with van der Waals surface area (Å²) in [6.07, 6.45) is -0.774. The highest BCUT2D eigenvalue weighted by Gasteiger charge is 2.05. The molecule has 1 aromatic carbocycles. The van der Waals surface area contributed by atoms with E-state index >= 15 is 0 Å². The maximum Gasteiger partial charge on any atom is 0.382 e. The summed E-state index contributed by atoms with van der Waals surface area (Å²) in [6, 6.07) is 5.36. The van der Waals surface area contributed by atoms with Crippen LogP contribution in [0.2, 0.25) is 0 Å². The summed E-state index contributed by atoms with van der Waals surface area (Å²) in [6.45, 7) is 0. The first-order valence-electron chi connectivity index (χ1n) is 2.98. The Morgan fingerprint density at radius 1 is 1.45 bits per heavy atom. The third-order valence-electron chi connectivity index (χ3n) is 1.34. The van der Waals surface area contributed by atoms with Crippen molar-refractivity contribution in [3.05, 3.63) is 27.9 Å². The lowest BCUT2D eigenvalue weighted by atomic mass is 10.3. The van der Waals surface area contributed by atoms with E-state index in [-0.39, 0.29) is 0 Å². The molecule has 2 rings (SSSR count). The van der Waals surface area contributed by atoms with E-state index in [1.54, 1.807) is 6.07 Å². The first kappa shape index (κ1) is 7.02. The molecule has 0 bridgehead atoms. The Morgan fingerprint density at radius 2 is 2.27 bits per heavy atom. The highest BCUT2D eigenvalue weighted by Crippen LogP contribution is 2.20. The second-order valence-corrected chi connectivity index (χ2v) is 3.22. The van der Waals surface area contributed by atoms with Gasteiger partial charge in [-0.15, -0.1) is 4.39 Å². The predicted octanol–water partition coefficient (Wildman–Crippen LogP) is 2.57. The molecule has 1 heterocycles. The van der Waals surface area contributed by atoms with Crippen LogP contribution in [0, 0.1) is 9.71 Å². The SMILES string of the molecule is Fc1nc2cccc(I)c2o1. The fourth-order valence-electron chi connectivity index (χ4n) is 0.888. The summed E-state index contributed by atoms with van der Waals surface area (Å²) in [4.78, 5) is 3.54. The average Bonchev–Trinajstić information content (AvgIpc) is 2.31. The van der Waals surface area contributed by atoms with Crippen molar-refractivity contribution in [1.29, 1.82) is 0 Å². The number of halogens is 2. The molecule has 0 aliphatic rings. The van der Waals surface area contributed by atoms with Gasteiger partial charge in [-0.25, -0.2) is 0 Å². The highest BCUT2D eigenvalue weighted by molar-refractivity contribution is 14.1. The lowest BCUT2D eigenvalue weighted by molar-refractivity contribution is 0.354. The molecule has 1 aromatic heterocycles. The van der Waals surface area contributed by atoms with Gasteiger partial charge in [-0.1, -0.05) is 6.07 Å². The number of fused-ring (bicyclic) bond motifs is 1. The molecule has 56 valence electrons. The molecule has 0 amide bonds. The molecule has 0 spiro atoms. The lowest BCUT2D eigenvalue weighted by Gasteiger charge is -1.86. The Labute approximate surface area is 75.6 Å². The summed E-state index contributed by atoms with van der Waals surface area (Å²) < 4.78 is 18.0. The molecule has 0 fully saturated rings. The van der Waals surface area contributed by atoms with Gasteiger partial charge >= 0.3 is 6.14 Å². The molecule has 0 radical (unpaired) electrons. The molecule has 0 aliphatic carbocycles. The maximum atomic E-state index is 12.4. The van der Waals surface area contributed by atoms with Crippen LogP contribution >= 0.6 is 22.6 Å². The Kier molecular flexibility index (Phi) is 1.56. The van der Waals surface area contributed by atoms with Crippen LogP contribution in [-0.2, 0) is 0 Å². The van der Waals surface area contributed by atoms with Crippen LogP contribution in [0.1, 0.15) is 0 Å². The molecular formula is C7H3FINO. The van der Waals surface area contributed by atoms with Crippen molar-refractivity contribution in [2.24, 2.45) is 0 Å². The normalized spacial score (nSPS) is 10.7. The smallest absolute Gasteiger partial charge is 0.382 e. The summed E-state index contributed by atoms with van der Waals surface area (Å²) in [7, 11) is 0. The van der Waals surface area contributed by atoms with Crippen LogP contribution in [-0.4, -0.2) is 4.98 Å². The zero-order valence-electron chi connectivity index (χ0n) is 5.34. The van der Waals surface area contributed by atoms with Crippen LogP contribution < -0.4 is 0 Å². The first-order chi connectivity index (χ1) is 5.27. The number of rotatable bonds is 0. The molecule has 0 aliphatic heterocycles. The minimum Gasteiger partial charge on any atom is -0.414 e. The van der Waals surface area contributed by atoms with Crippen molar-refractivity contribution < 1.29 is 8.81 Å². The van der Waals surface area contributed by atoms with E-state index < -0.39 is 6.14 Å². The van der Waals surface area contributed by atoms with Gasteiger partial charge in [0.15, 0.2) is 5.58 Å². The van der Waals surface area contributed by atoms with E-state index in [9.17, 15) is 4.39 Å². The van der Waals surface area contributed by atoms with Gasteiger partial charge in [0.25, 0.3) is 0 Å². The molecule has 0 atom stereocenters. The minimum absolute atomic E-state index is 0.519. The Hall–Kier alpha value is -0.650. The lowest BCUT2D eigenvalue weighted by Crippen LogP contribution is -1.70. The van der Waals surface area contributed by atoms with Gasteiger partial charge in [0.05, 0.1) is 3.57 Å². The van der Waals surface area contributed by atoms with Crippen molar-refractivity contribution in [2.75, 3.05) is 0 Å². The number of aromatic nitrogens is 1. The molecular weight excluding hydrogens is 260 g/mol. The second kappa shape index (κ2) is 2.44. The molecule has 4 heteroatoms. The van der Waals surface area contributed by atoms with E-state index in [4.69, 9.17) is 4.42 Å². The Morgan fingerprint density at radius 3 is 3.00 bits per heavy atom. The largest absolute Gasteiger partial charge is 0.414 e. The molecule has 11 heavy (non-hydrogen) atoms.